The largest absolute Gasteiger partial charge is 0.395 e. The number of nitrogens with one attached hydrogen (secondary N) is 2. The van der Waals surface area contributed by atoms with Gasteiger partial charge >= 0.3 is 0 Å². The van der Waals surface area contributed by atoms with Crippen LogP contribution in [0.15, 0.2) is 47.3 Å². The molecule has 0 aliphatic carbocycles. The number of aromatic nitrogens is 2. The molecule has 2 aromatic heterocycles. The molecule has 9 heteroatoms. The predicted molar refractivity (Wildman–Crippen MR) is 120 cm³/mol. The van der Waals surface area contributed by atoms with Gasteiger partial charge in [-0.3, -0.25) is 14.5 Å². The molecular weight excluding hydrogens is 430 g/mol. The monoisotopic (exact) mass is 452 g/mol. The normalized spacial score (nSPS) is 16.3. The van der Waals surface area contributed by atoms with Crippen LogP contribution < -0.4 is 5.56 Å². The van der Waals surface area contributed by atoms with Crippen LogP contribution in [0.25, 0.3) is 21.7 Å². The summed E-state index contributed by atoms with van der Waals surface area (Å²) in [5.41, 5.74) is 1.78. The van der Waals surface area contributed by atoms with Crippen LogP contribution in [-0.4, -0.2) is 57.5 Å². The minimum absolute atomic E-state index is 0.0275. The second kappa shape index (κ2) is 8.09. The number of H-pyrrole nitrogens is 2. The minimum atomic E-state index is -1.11. The van der Waals surface area contributed by atoms with E-state index in [9.17, 15) is 23.5 Å². The SMILES string of the molecule is CN(C(=O)c1cc2ccccc2[nH]1)[C@H]1CN(CCO)Cc2[nH]c(=O)c3cc(F)c(F)cc3c21. The number of aromatic amines is 2. The van der Waals surface area contributed by atoms with Crippen molar-refractivity contribution in [3.05, 3.63) is 81.4 Å². The number of para-hydroxylation sites is 1. The molecule has 0 spiro atoms. The fraction of sp³-hybridized carbons (Fsp3) is 0.250. The van der Waals surface area contributed by atoms with Crippen LogP contribution >= 0.6 is 0 Å². The van der Waals surface area contributed by atoms with E-state index in [2.05, 4.69) is 9.97 Å². The average molecular weight is 452 g/mol. The van der Waals surface area contributed by atoms with Gasteiger partial charge in [0, 0.05) is 48.8 Å². The lowest BCUT2D eigenvalue weighted by Crippen LogP contribution is -2.45. The van der Waals surface area contributed by atoms with E-state index in [1.54, 1.807) is 13.1 Å². The Bertz CT molecular complexity index is 1410. The van der Waals surface area contributed by atoms with Crippen molar-refractivity contribution in [3.63, 3.8) is 0 Å². The fourth-order valence-electron chi connectivity index (χ4n) is 4.67. The van der Waals surface area contributed by atoms with Crippen molar-refractivity contribution in [2.24, 2.45) is 0 Å². The van der Waals surface area contributed by atoms with Crippen molar-refractivity contribution in [2.45, 2.75) is 12.6 Å². The number of amides is 1. The highest BCUT2D eigenvalue weighted by atomic mass is 19.2. The average Bonchev–Trinajstić information content (AvgIpc) is 3.23. The number of aliphatic hydroxyl groups excluding tert-OH is 1. The molecule has 4 aromatic rings. The molecule has 1 amide bonds. The number of carbonyl (C=O) groups is 1. The quantitative estimate of drug-likeness (QED) is 0.444. The van der Waals surface area contributed by atoms with E-state index in [-0.39, 0.29) is 23.3 Å². The van der Waals surface area contributed by atoms with Gasteiger partial charge in [-0.1, -0.05) is 18.2 Å². The predicted octanol–water partition coefficient (Wildman–Crippen LogP) is 2.91. The van der Waals surface area contributed by atoms with Crippen molar-refractivity contribution in [3.8, 4) is 0 Å². The van der Waals surface area contributed by atoms with Gasteiger partial charge in [0.15, 0.2) is 11.6 Å². The van der Waals surface area contributed by atoms with Gasteiger partial charge in [0.05, 0.1) is 18.0 Å². The van der Waals surface area contributed by atoms with Gasteiger partial charge in [-0.05, 0) is 29.7 Å². The zero-order valence-corrected chi connectivity index (χ0v) is 17.9. The molecule has 0 fully saturated rings. The van der Waals surface area contributed by atoms with Crippen molar-refractivity contribution in [2.75, 3.05) is 26.7 Å². The van der Waals surface area contributed by atoms with Gasteiger partial charge in [0.25, 0.3) is 11.5 Å². The van der Waals surface area contributed by atoms with E-state index >= 15 is 0 Å². The summed E-state index contributed by atoms with van der Waals surface area (Å²) in [6.07, 6.45) is 0. The Balaban J connectivity index is 1.64. The molecule has 0 bridgehead atoms. The van der Waals surface area contributed by atoms with Crippen LogP contribution in [0.3, 0.4) is 0 Å². The fourth-order valence-corrected chi connectivity index (χ4v) is 4.67. The number of benzene rings is 2. The van der Waals surface area contributed by atoms with Crippen molar-refractivity contribution < 1.29 is 18.7 Å². The number of pyridine rings is 1. The summed E-state index contributed by atoms with van der Waals surface area (Å²) < 4.78 is 28.1. The standard InChI is InChI=1S/C24H22F2N4O3/c1-29(24(33)19-8-13-4-2-3-5-18(13)27-19)21-12-30(6-7-31)11-20-22(21)14-9-16(25)17(26)10-15(14)23(32)28-20/h2-5,8-10,21,27,31H,6-7,11-12H2,1H3,(H,28,32)/t21-/m0/s1. The molecule has 2 aromatic carbocycles. The third-order valence-electron chi connectivity index (χ3n) is 6.30. The molecule has 0 radical (unpaired) electrons. The van der Waals surface area contributed by atoms with E-state index in [0.29, 0.717) is 36.6 Å². The Morgan fingerprint density at radius 2 is 1.88 bits per heavy atom. The highest BCUT2D eigenvalue weighted by Crippen LogP contribution is 2.35. The van der Waals surface area contributed by atoms with E-state index in [0.717, 1.165) is 23.0 Å². The van der Waals surface area contributed by atoms with Crippen molar-refractivity contribution in [1.82, 2.24) is 19.8 Å². The number of rotatable bonds is 4. The molecule has 1 aliphatic heterocycles. The molecule has 1 atom stereocenters. The van der Waals surface area contributed by atoms with Crippen LogP contribution in [0.1, 0.15) is 27.8 Å². The Hall–Kier alpha value is -3.56. The molecule has 0 saturated heterocycles. The van der Waals surface area contributed by atoms with Gasteiger partial charge in [0.2, 0.25) is 0 Å². The smallest absolute Gasteiger partial charge is 0.270 e. The first-order valence-corrected chi connectivity index (χ1v) is 10.6. The number of hydrogen-bond acceptors (Lipinski definition) is 4. The molecule has 3 N–H and O–H groups in total. The summed E-state index contributed by atoms with van der Waals surface area (Å²) >= 11 is 0. The van der Waals surface area contributed by atoms with Gasteiger partial charge in [-0.15, -0.1) is 0 Å². The van der Waals surface area contributed by atoms with Gasteiger partial charge in [0.1, 0.15) is 5.69 Å². The maximum absolute atomic E-state index is 14.2. The van der Waals surface area contributed by atoms with Crippen LogP contribution in [0.5, 0.6) is 0 Å². The Labute approximate surface area is 187 Å². The molecule has 7 nitrogen and oxygen atoms in total. The minimum Gasteiger partial charge on any atom is -0.395 e. The number of halogens is 2. The van der Waals surface area contributed by atoms with Crippen LogP contribution in [0.2, 0.25) is 0 Å². The molecule has 0 saturated carbocycles. The maximum Gasteiger partial charge on any atom is 0.270 e. The summed E-state index contributed by atoms with van der Waals surface area (Å²) in [5, 5.41) is 10.7. The van der Waals surface area contributed by atoms with Gasteiger partial charge in [-0.2, -0.15) is 0 Å². The van der Waals surface area contributed by atoms with E-state index in [4.69, 9.17) is 0 Å². The third-order valence-corrected chi connectivity index (χ3v) is 6.30. The Morgan fingerprint density at radius 1 is 1.15 bits per heavy atom. The summed E-state index contributed by atoms with van der Waals surface area (Å²) in [6, 6.07) is 10.6. The zero-order valence-electron chi connectivity index (χ0n) is 17.9. The second-order valence-corrected chi connectivity index (χ2v) is 8.32. The van der Waals surface area contributed by atoms with Crippen LogP contribution in [-0.2, 0) is 6.54 Å². The first-order chi connectivity index (χ1) is 15.9. The van der Waals surface area contributed by atoms with Crippen molar-refractivity contribution >= 4 is 27.6 Å². The number of aliphatic hydroxyl groups is 1. The first kappa shape index (κ1) is 21.3. The highest BCUT2D eigenvalue weighted by Gasteiger charge is 2.34. The van der Waals surface area contributed by atoms with E-state index < -0.39 is 23.2 Å². The second-order valence-electron chi connectivity index (χ2n) is 8.32. The highest BCUT2D eigenvalue weighted by molar-refractivity contribution is 5.98. The Morgan fingerprint density at radius 3 is 2.61 bits per heavy atom. The maximum atomic E-state index is 14.2. The number of nitrogens with zero attached hydrogens (tertiary/aromatic N) is 2. The lowest BCUT2D eigenvalue weighted by Gasteiger charge is -2.39. The number of carbonyl (C=O) groups excluding carboxylic acids is 1. The molecule has 5 rings (SSSR count). The Kier molecular flexibility index (Phi) is 5.22. The van der Waals surface area contributed by atoms with E-state index in [1.165, 1.54) is 4.90 Å². The summed E-state index contributed by atoms with van der Waals surface area (Å²) in [7, 11) is 1.64. The first-order valence-electron chi connectivity index (χ1n) is 10.6. The third kappa shape index (κ3) is 3.59. The van der Waals surface area contributed by atoms with Crippen molar-refractivity contribution in [1.29, 1.82) is 0 Å². The van der Waals surface area contributed by atoms with E-state index in [1.807, 2.05) is 29.2 Å². The summed E-state index contributed by atoms with van der Waals surface area (Å²) in [5.74, 6) is -2.45. The van der Waals surface area contributed by atoms with Gasteiger partial charge < -0.3 is 20.0 Å². The molecule has 1 aliphatic rings. The molecule has 0 unspecified atom stereocenters. The number of likely N-dealkylation sites (N-methyl/N-ethyl adjacent to an activating group) is 1. The van der Waals surface area contributed by atoms with Gasteiger partial charge in [-0.25, -0.2) is 8.78 Å². The topological polar surface area (TPSA) is 92.4 Å². The lowest BCUT2D eigenvalue weighted by molar-refractivity contribution is 0.0636. The molecule has 3 heterocycles. The van der Waals surface area contributed by atoms with Crippen LogP contribution in [0.4, 0.5) is 8.78 Å². The zero-order chi connectivity index (χ0) is 23.3. The summed E-state index contributed by atoms with van der Waals surface area (Å²) in [6.45, 7) is 0.906. The van der Waals surface area contributed by atoms with Crippen LogP contribution in [0, 0.1) is 11.6 Å². The molecule has 170 valence electrons. The number of fused-ring (bicyclic) bond motifs is 4. The number of hydrogen-bond donors (Lipinski definition) is 3. The summed E-state index contributed by atoms with van der Waals surface area (Å²) in [4.78, 5) is 35.4. The molecule has 33 heavy (non-hydrogen) atoms. The lowest BCUT2D eigenvalue weighted by atomic mass is 9.92. The molecular formula is C24H22F2N4O3. The number of β-amino-alcohol motifs (C(OH)–C–C–N with tert-alkyl or cyclic N) is 1.